The van der Waals surface area contributed by atoms with Crippen molar-refractivity contribution in [3.8, 4) is 18.0 Å². The van der Waals surface area contributed by atoms with Crippen LogP contribution in [0.25, 0.3) is 5.82 Å². The molecule has 2 aromatic rings. The zero-order valence-electron chi connectivity index (χ0n) is 7.99. The minimum absolute atomic E-state index is 0.0566. The summed E-state index contributed by atoms with van der Waals surface area (Å²) in [4.78, 5) is 3.78. The first-order valence-electron chi connectivity index (χ1n) is 4.23. The van der Waals surface area contributed by atoms with E-state index in [1.165, 1.54) is 10.9 Å². The van der Waals surface area contributed by atoms with Crippen molar-refractivity contribution in [2.24, 2.45) is 0 Å². The highest BCUT2D eigenvalue weighted by Gasteiger charge is 2.12. The largest absolute Gasteiger partial charge is 0.382 e. The Labute approximate surface area is 90.4 Å². The Kier molecular flexibility index (Phi) is 2.21. The Morgan fingerprint density at radius 1 is 1.19 bits per heavy atom. The summed E-state index contributed by atoms with van der Waals surface area (Å²) in [6.07, 6.45) is 1.34. The Balaban J connectivity index is 2.58. The average Bonchev–Trinajstić information content (AvgIpc) is 2.72. The number of nitrogen functional groups attached to an aromatic ring is 1. The molecule has 0 unspecified atom stereocenters. The second kappa shape index (κ2) is 3.67. The lowest BCUT2D eigenvalue weighted by atomic mass is 10.3. The maximum atomic E-state index is 8.90. The molecule has 0 aliphatic rings. The molecule has 7 heteroatoms. The van der Waals surface area contributed by atoms with Crippen molar-refractivity contribution < 1.29 is 0 Å². The van der Waals surface area contributed by atoms with E-state index in [9.17, 15) is 0 Å². The van der Waals surface area contributed by atoms with Crippen LogP contribution in [0.1, 0.15) is 11.4 Å². The van der Waals surface area contributed by atoms with Crippen LogP contribution in [0.5, 0.6) is 0 Å². The molecule has 0 spiro atoms. The number of aromatic nitrogens is 4. The Bertz CT molecular complexity index is 596. The highest BCUT2D eigenvalue weighted by molar-refractivity contribution is 5.42. The van der Waals surface area contributed by atoms with Gasteiger partial charge in [0.2, 0.25) is 0 Å². The first-order valence-corrected chi connectivity index (χ1v) is 4.23. The fraction of sp³-hybridized carbons (Fsp3) is 0. The van der Waals surface area contributed by atoms with Crippen LogP contribution in [-0.2, 0) is 0 Å². The number of hydrogen-bond acceptors (Lipinski definition) is 6. The predicted octanol–water partition coefficient (Wildman–Crippen LogP) is -0.0121. The van der Waals surface area contributed by atoms with Gasteiger partial charge in [0.05, 0.1) is 0 Å². The molecule has 0 radical (unpaired) electrons. The van der Waals surface area contributed by atoms with E-state index in [-0.39, 0.29) is 17.2 Å². The summed E-state index contributed by atoms with van der Waals surface area (Å²) in [6.45, 7) is 0. The van der Waals surface area contributed by atoms with Gasteiger partial charge in [0, 0.05) is 0 Å². The van der Waals surface area contributed by atoms with E-state index in [2.05, 4.69) is 15.2 Å². The van der Waals surface area contributed by atoms with Crippen LogP contribution < -0.4 is 5.73 Å². The van der Waals surface area contributed by atoms with Crippen LogP contribution in [0.4, 0.5) is 5.82 Å². The van der Waals surface area contributed by atoms with Crippen molar-refractivity contribution >= 4 is 5.82 Å². The van der Waals surface area contributed by atoms with Crippen molar-refractivity contribution in [2.75, 3.05) is 5.73 Å². The molecule has 0 saturated heterocycles. The summed E-state index contributed by atoms with van der Waals surface area (Å²) < 4.78 is 1.38. The maximum absolute atomic E-state index is 8.90. The minimum atomic E-state index is 0.0566. The lowest BCUT2D eigenvalue weighted by molar-refractivity contribution is 0.908. The van der Waals surface area contributed by atoms with Crippen molar-refractivity contribution in [1.29, 1.82) is 10.5 Å². The van der Waals surface area contributed by atoms with Gasteiger partial charge in [-0.15, -0.1) is 10.2 Å². The quantitative estimate of drug-likeness (QED) is 0.708. The molecule has 0 aliphatic carbocycles. The molecule has 2 N–H and O–H groups in total. The minimum Gasteiger partial charge on any atom is -0.382 e. The summed E-state index contributed by atoms with van der Waals surface area (Å²) >= 11 is 0. The lowest BCUT2D eigenvalue weighted by Gasteiger charge is -2.00. The van der Waals surface area contributed by atoms with Gasteiger partial charge in [-0.2, -0.15) is 10.5 Å². The SMILES string of the molecule is N#Cc1ncn(-c2ccc(N)nn2)c1C#N. The molecule has 16 heavy (non-hydrogen) atoms. The molecule has 2 rings (SSSR count). The van der Waals surface area contributed by atoms with E-state index >= 15 is 0 Å². The molecule has 0 bridgehead atoms. The van der Waals surface area contributed by atoms with Crippen molar-refractivity contribution in [2.45, 2.75) is 0 Å². The summed E-state index contributed by atoms with van der Waals surface area (Å²) in [5, 5.41) is 25.1. The highest BCUT2D eigenvalue weighted by Crippen LogP contribution is 2.11. The molecule has 0 aromatic carbocycles. The van der Waals surface area contributed by atoms with Crippen LogP contribution in [0.2, 0.25) is 0 Å². The Morgan fingerprint density at radius 2 is 2.00 bits per heavy atom. The lowest BCUT2D eigenvalue weighted by Crippen LogP contribution is -2.02. The van der Waals surface area contributed by atoms with Crippen LogP contribution >= 0.6 is 0 Å². The van der Waals surface area contributed by atoms with Crippen molar-refractivity contribution in [1.82, 2.24) is 19.7 Å². The molecule has 0 saturated carbocycles. The third kappa shape index (κ3) is 1.42. The molecule has 0 amide bonds. The van der Waals surface area contributed by atoms with Crippen LogP contribution in [0, 0.1) is 22.7 Å². The molecular weight excluding hydrogens is 206 g/mol. The molecule has 0 atom stereocenters. The van der Waals surface area contributed by atoms with Crippen molar-refractivity contribution in [3.05, 3.63) is 29.8 Å². The standard InChI is InChI=1S/C9H5N7/c10-3-6-7(4-11)16(5-13-6)9-2-1-8(12)14-15-9/h1-2,5H,(H2,12,14). The van der Waals surface area contributed by atoms with E-state index in [4.69, 9.17) is 16.3 Å². The number of nitriles is 2. The van der Waals surface area contributed by atoms with Gasteiger partial charge in [-0.1, -0.05) is 0 Å². The maximum Gasteiger partial charge on any atom is 0.177 e. The summed E-state index contributed by atoms with van der Waals surface area (Å²) in [7, 11) is 0. The monoisotopic (exact) mass is 211 g/mol. The predicted molar refractivity (Wildman–Crippen MR) is 53.0 cm³/mol. The number of anilines is 1. The van der Waals surface area contributed by atoms with Gasteiger partial charge in [0.1, 0.15) is 24.3 Å². The fourth-order valence-electron chi connectivity index (χ4n) is 1.17. The molecule has 76 valence electrons. The smallest absolute Gasteiger partial charge is 0.177 e. The number of rotatable bonds is 1. The van der Waals surface area contributed by atoms with E-state index in [0.717, 1.165) is 0 Å². The fourth-order valence-corrected chi connectivity index (χ4v) is 1.17. The third-order valence-corrected chi connectivity index (χ3v) is 1.90. The van der Waals surface area contributed by atoms with Gasteiger partial charge in [0.15, 0.2) is 17.2 Å². The molecule has 0 fully saturated rings. The highest BCUT2D eigenvalue weighted by atomic mass is 15.2. The van der Waals surface area contributed by atoms with Crippen LogP contribution in [0.3, 0.4) is 0 Å². The molecule has 2 aromatic heterocycles. The second-order valence-electron chi connectivity index (χ2n) is 2.85. The topological polar surface area (TPSA) is 117 Å². The number of nitrogens with zero attached hydrogens (tertiary/aromatic N) is 6. The zero-order chi connectivity index (χ0) is 11.5. The van der Waals surface area contributed by atoms with Crippen LogP contribution in [-0.4, -0.2) is 19.7 Å². The van der Waals surface area contributed by atoms with Crippen molar-refractivity contribution in [3.63, 3.8) is 0 Å². The average molecular weight is 211 g/mol. The van der Waals surface area contributed by atoms with Gasteiger partial charge in [-0.25, -0.2) is 4.98 Å². The number of imidazole rings is 1. The van der Waals surface area contributed by atoms with Gasteiger partial charge >= 0.3 is 0 Å². The van der Waals surface area contributed by atoms with Gasteiger partial charge < -0.3 is 5.73 Å². The first-order chi connectivity index (χ1) is 7.76. The summed E-state index contributed by atoms with van der Waals surface area (Å²) in [5.74, 6) is 0.669. The number of hydrogen-bond donors (Lipinski definition) is 1. The number of nitrogens with two attached hydrogens (primary N) is 1. The van der Waals surface area contributed by atoms with Crippen LogP contribution in [0.15, 0.2) is 18.5 Å². The molecular formula is C9H5N7. The van der Waals surface area contributed by atoms with Gasteiger partial charge in [-0.3, -0.25) is 4.57 Å². The zero-order valence-corrected chi connectivity index (χ0v) is 7.99. The van der Waals surface area contributed by atoms with E-state index in [0.29, 0.717) is 5.82 Å². The first kappa shape index (κ1) is 9.62. The Morgan fingerprint density at radius 3 is 2.56 bits per heavy atom. The second-order valence-corrected chi connectivity index (χ2v) is 2.85. The van der Waals surface area contributed by atoms with E-state index in [1.807, 2.05) is 12.1 Å². The molecule has 7 nitrogen and oxygen atoms in total. The summed E-state index contributed by atoms with van der Waals surface area (Å²) in [5.41, 5.74) is 5.57. The van der Waals surface area contributed by atoms with Gasteiger partial charge in [-0.05, 0) is 12.1 Å². The normalized spacial score (nSPS) is 9.38. The Hall–Kier alpha value is -2.93. The summed E-state index contributed by atoms with van der Waals surface area (Å²) in [6, 6.07) is 6.85. The van der Waals surface area contributed by atoms with Gasteiger partial charge in [0.25, 0.3) is 0 Å². The van der Waals surface area contributed by atoms with E-state index < -0.39 is 0 Å². The third-order valence-electron chi connectivity index (χ3n) is 1.90. The molecule has 0 aliphatic heterocycles. The molecule has 2 heterocycles. The van der Waals surface area contributed by atoms with E-state index in [1.54, 1.807) is 12.1 Å².